The highest BCUT2D eigenvalue weighted by atomic mass is 19.4. The number of hydrogen-bond acceptors (Lipinski definition) is 5. The third-order valence-corrected chi connectivity index (χ3v) is 2.98. The van der Waals surface area contributed by atoms with Crippen LogP contribution in [0.5, 0.6) is 5.75 Å². The van der Waals surface area contributed by atoms with E-state index in [1.807, 2.05) is 0 Å². The predicted octanol–water partition coefficient (Wildman–Crippen LogP) is 3.46. The first-order valence-electron chi connectivity index (χ1n) is 6.51. The lowest BCUT2D eigenvalue weighted by atomic mass is 9.84. The predicted molar refractivity (Wildman–Crippen MR) is 74.5 cm³/mol. The number of esters is 2. The molecule has 0 aromatic heterocycles. The summed E-state index contributed by atoms with van der Waals surface area (Å²) < 4.78 is 50.8. The number of halogens is 3. The maximum atomic E-state index is 12.6. The van der Waals surface area contributed by atoms with Crippen molar-refractivity contribution in [2.45, 2.75) is 32.5 Å². The van der Waals surface area contributed by atoms with Gasteiger partial charge >= 0.3 is 18.3 Å². The van der Waals surface area contributed by atoms with Crippen LogP contribution >= 0.6 is 0 Å². The second-order valence-electron chi connectivity index (χ2n) is 5.68. The highest BCUT2D eigenvalue weighted by Crippen LogP contribution is 2.35. The summed E-state index contributed by atoms with van der Waals surface area (Å²) in [7, 11) is 2.03. The molecular formula is C15H17F3O5. The summed E-state index contributed by atoms with van der Waals surface area (Å²) >= 11 is 0. The molecule has 8 heteroatoms. The molecule has 0 heterocycles. The number of carbonyl (C=O) groups excluding carboxylic acids is 2. The Morgan fingerprint density at radius 3 is 1.57 bits per heavy atom. The van der Waals surface area contributed by atoms with E-state index in [1.165, 1.54) is 12.1 Å². The number of benzene rings is 1. The van der Waals surface area contributed by atoms with Crippen molar-refractivity contribution in [1.29, 1.82) is 0 Å². The Morgan fingerprint density at radius 1 is 0.913 bits per heavy atom. The van der Waals surface area contributed by atoms with Crippen molar-refractivity contribution >= 4 is 11.9 Å². The molecule has 0 N–H and O–H groups in total. The summed E-state index contributed by atoms with van der Waals surface area (Å²) in [4.78, 5) is 23.7. The van der Waals surface area contributed by atoms with Crippen LogP contribution in [0.1, 0.15) is 47.1 Å². The Balaban J connectivity index is 3.73. The summed E-state index contributed by atoms with van der Waals surface area (Å²) in [5, 5.41) is 0. The number of carbonyl (C=O) groups is 2. The van der Waals surface area contributed by atoms with Crippen LogP contribution in [0.3, 0.4) is 0 Å². The standard InChI is InChI=1S/C15H17F3O5/c1-14(2,3)8-6-9(12(19)21-4)11(23-15(16,17)18)10(7-8)13(20)22-5/h6-7H,1-5H3. The second kappa shape index (κ2) is 6.47. The summed E-state index contributed by atoms with van der Waals surface area (Å²) in [6, 6.07) is 2.42. The van der Waals surface area contributed by atoms with Gasteiger partial charge in [0.05, 0.1) is 14.2 Å². The molecule has 128 valence electrons. The van der Waals surface area contributed by atoms with Gasteiger partial charge < -0.3 is 14.2 Å². The lowest BCUT2D eigenvalue weighted by Gasteiger charge is -2.23. The van der Waals surface area contributed by atoms with Gasteiger partial charge in [-0.15, -0.1) is 13.2 Å². The fourth-order valence-corrected chi connectivity index (χ4v) is 1.81. The third kappa shape index (κ3) is 4.61. The van der Waals surface area contributed by atoms with Crippen molar-refractivity contribution in [3.8, 4) is 5.75 Å². The Bertz CT molecular complexity index is 578. The first kappa shape index (κ1) is 18.8. The molecule has 0 saturated heterocycles. The quantitative estimate of drug-likeness (QED) is 0.792. The number of methoxy groups -OCH3 is 2. The zero-order valence-corrected chi connectivity index (χ0v) is 13.3. The Kier molecular flexibility index (Phi) is 5.29. The van der Waals surface area contributed by atoms with Crippen LogP contribution in [-0.4, -0.2) is 32.5 Å². The minimum atomic E-state index is -5.09. The van der Waals surface area contributed by atoms with E-state index in [0.29, 0.717) is 5.56 Å². The number of alkyl halides is 3. The molecule has 0 fully saturated rings. The molecular weight excluding hydrogens is 317 g/mol. The topological polar surface area (TPSA) is 61.8 Å². The largest absolute Gasteiger partial charge is 0.573 e. The summed E-state index contributed by atoms with van der Waals surface area (Å²) in [5.41, 5.74) is -1.09. The average molecular weight is 334 g/mol. The molecule has 0 aliphatic heterocycles. The van der Waals surface area contributed by atoms with Crippen LogP contribution in [0.15, 0.2) is 12.1 Å². The normalized spacial score (nSPS) is 11.8. The van der Waals surface area contributed by atoms with E-state index in [2.05, 4.69) is 14.2 Å². The van der Waals surface area contributed by atoms with Crippen LogP contribution in [0, 0.1) is 0 Å². The van der Waals surface area contributed by atoms with Crippen LogP contribution in [0.4, 0.5) is 13.2 Å². The maximum Gasteiger partial charge on any atom is 0.573 e. The molecule has 0 unspecified atom stereocenters. The molecule has 0 bridgehead atoms. The average Bonchev–Trinajstić information content (AvgIpc) is 2.42. The van der Waals surface area contributed by atoms with Gasteiger partial charge in [-0.05, 0) is 23.1 Å². The van der Waals surface area contributed by atoms with Crippen molar-refractivity contribution < 1.29 is 37.0 Å². The Hall–Kier alpha value is -2.25. The fourth-order valence-electron chi connectivity index (χ4n) is 1.81. The second-order valence-corrected chi connectivity index (χ2v) is 5.68. The van der Waals surface area contributed by atoms with E-state index in [-0.39, 0.29) is 0 Å². The smallest absolute Gasteiger partial charge is 0.465 e. The summed E-state index contributed by atoms with van der Waals surface area (Å²) in [6.07, 6.45) is -5.09. The molecule has 23 heavy (non-hydrogen) atoms. The van der Waals surface area contributed by atoms with Crippen LogP contribution in [-0.2, 0) is 14.9 Å². The number of rotatable bonds is 3. The fraction of sp³-hybridized carbons (Fsp3) is 0.467. The minimum absolute atomic E-state index is 0.452. The van der Waals surface area contributed by atoms with Gasteiger partial charge in [0.2, 0.25) is 0 Å². The highest BCUT2D eigenvalue weighted by molar-refractivity contribution is 6.00. The molecule has 1 aromatic rings. The maximum absolute atomic E-state index is 12.6. The van der Waals surface area contributed by atoms with Crippen LogP contribution in [0.2, 0.25) is 0 Å². The molecule has 1 rings (SSSR count). The van der Waals surface area contributed by atoms with Crippen molar-refractivity contribution in [3.05, 3.63) is 28.8 Å². The summed E-state index contributed by atoms with van der Waals surface area (Å²) in [5.74, 6) is -3.05. The van der Waals surface area contributed by atoms with Crippen molar-refractivity contribution in [2.75, 3.05) is 14.2 Å². The molecule has 0 amide bonds. The van der Waals surface area contributed by atoms with Gasteiger partial charge in [-0.25, -0.2) is 9.59 Å². The number of hydrogen-bond donors (Lipinski definition) is 0. The lowest BCUT2D eigenvalue weighted by Crippen LogP contribution is -2.23. The van der Waals surface area contributed by atoms with Gasteiger partial charge in [-0.1, -0.05) is 20.8 Å². The molecule has 0 spiro atoms. The summed E-state index contributed by atoms with van der Waals surface area (Å²) in [6.45, 7) is 5.32. The molecule has 0 radical (unpaired) electrons. The lowest BCUT2D eigenvalue weighted by molar-refractivity contribution is -0.274. The van der Waals surface area contributed by atoms with Gasteiger partial charge in [0.15, 0.2) is 5.75 Å². The van der Waals surface area contributed by atoms with E-state index >= 15 is 0 Å². The van der Waals surface area contributed by atoms with Gasteiger partial charge in [0.1, 0.15) is 11.1 Å². The van der Waals surface area contributed by atoms with Gasteiger partial charge in [0.25, 0.3) is 0 Å². The molecule has 0 aliphatic carbocycles. The first-order chi connectivity index (χ1) is 10.4. The van der Waals surface area contributed by atoms with Crippen molar-refractivity contribution in [2.24, 2.45) is 0 Å². The minimum Gasteiger partial charge on any atom is -0.465 e. The molecule has 0 atom stereocenters. The van der Waals surface area contributed by atoms with E-state index in [0.717, 1.165) is 14.2 Å². The monoisotopic (exact) mass is 334 g/mol. The number of ether oxygens (including phenoxy) is 3. The zero-order valence-electron chi connectivity index (χ0n) is 13.3. The van der Waals surface area contributed by atoms with Gasteiger partial charge in [-0.3, -0.25) is 0 Å². The SMILES string of the molecule is COC(=O)c1cc(C(C)(C)C)cc(C(=O)OC)c1OC(F)(F)F. The van der Waals surface area contributed by atoms with E-state index in [1.54, 1.807) is 20.8 Å². The first-order valence-corrected chi connectivity index (χ1v) is 6.51. The Morgan fingerprint density at radius 2 is 1.30 bits per heavy atom. The van der Waals surface area contributed by atoms with Gasteiger partial charge in [-0.2, -0.15) is 0 Å². The molecule has 1 aromatic carbocycles. The van der Waals surface area contributed by atoms with E-state index in [9.17, 15) is 22.8 Å². The van der Waals surface area contributed by atoms with E-state index in [4.69, 9.17) is 0 Å². The third-order valence-electron chi connectivity index (χ3n) is 2.98. The molecule has 0 aliphatic rings. The van der Waals surface area contributed by atoms with E-state index < -0.39 is 40.6 Å². The van der Waals surface area contributed by atoms with Crippen LogP contribution in [0.25, 0.3) is 0 Å². The Labute approximate surface area is 131 Å². The van der Waals surface area contributed by atoms with Gasteiger partial charge in [0, 0.05) is 0 Å². The van der Waals surface area contributed by atoms with Crippen molar-refractivity contribution in [3.63, 3.8) is 0 Å². The zero-order chi connectivity index (χ0) is 18.0. The molecule has 5 nitrogen and oxygen atoms in total. The van der Waals surface area contributed by atoms with Crippen LogP contribution < -0.4 is 4.74 Å². The molecule has 0 saturated carbocycles. The van der Waals surface area contributed by atoms with Crippen molar-refractivity contribution in [1.82, 2.24) is 0 Å². The highest BCUT2D eigenvalue weighted by Gasteiger charge is 2.37.